The second-order valence-electron chi connectivity index (χ2n) is 2.70. The van der Waals surface area contributed by atoms with Gasteiger partial charge in [-0.2, -0.15) is 0 Å². The predicted molar refractivity (Wildman–Crippen MR) is 54.8 cm³/mol. The number of hydrogen-bond donors (Lipinski definition) is 0. The fourth-order valence-corrected chi connectivity index (χ4v) is 1.94. The minimum Gasteiger partial charge on any atom is -0.442 e. The van der Waals surface area contributed by atoms with Crippen molar-refractivity contribution in [1.29, 1.82) is 0 Å². The van der Waals surface area contributed by atoms with Crippen molar-refractivity contribution in [3.05, 3.63) is 28.4 Å². The number of furan rings is 1. The van der Waals surface area contributed by atoms with Crippen LogP contribution in [0.2, 0.25) is 5.22 Å². The Labute approximate surface area is 89.3 Å². The number of ketones is 1. The fraction of sp³-hybridized carbons (Fsp3) is 0.111. The van der Waals surface area contributed by atoms with Gasteiger partial charge in [-0.3, -0.25) is 4.79 Å². The molecule has 0 saturated heterocycles. The average Bonchev–Trinajstić information content (AvgIpc) is 2.70. The summed E-state index contributed by atoms with van der Waals surface area (Å²) < 4.78 is 5.16. The van der Waals surface area contributed by atoms with Crippen molar-refractivity contribution in [3.63, 3.8) is 0 Å². The zero-order valence-corrected chi connectivity index (χ0v) is 8.85. The van der Waals surface area contributed by atoms with Crippen molar-refractivity contribution in [3.8, 4) is 10.8 Å². The molecule has 14 heavy (non-hydrogen) atoms. The lowest BCUT2D eigenvalue weighted by Gasteiger charge is -1.87. The monoisotopic (exact) mass is 227 g/mol. The lowest BCUT2D eigenvalue weighted by atomic mass is 10.3. The van der Waals surface area contributed by atoms with Gasteiger partial charge in [0.05, 0.1) is 0 Å². The van der Waals surface area contributed by atoms with E-state index in [1.165, 1.54) is 18.3 Å². The molecule has 0 amide bonds. The van der Waals surface area contributed by atoms with E-state index in [1.54, 1.807) is 17.5 Å². The number of Topliss-reactive ketones (excluding diaryl/α,β-unsaturated/α-hetero) is 1. The SMILES string of the molecule is CC(=O)c1csc(-c2ccc(Cl)o2)n1. The standard InChI is InChI=1S/C9H6ClNO2S/c1-5(12)6-4-14-9(11-6)7-2-3-8(10)13-7/h2-4H,1H3. The smallest absolute Gasteiger partial charge is 0.194 e. The van der Waals surface area contributed by atoms with Gasteiger partial charge in [0.1, 0.15) is 5.69 Å². The Morgan fingerprint density at radius 3 is 2.86 bits per heavy atom. The van der Waals surface area contributed by atoms with Gasteiger partial charge in [-0.15, -0.1) is 11.3 Å². The van der Waals surface area contributed by atoms with Crippen molar-refractivity contribution in [2.75, 3.05) is 0 Å². The van der Waals surface area contributed by atoms with E-state index in [2.05, 4.69) is 4.98 Å². The fourth-order valence-electron chi connectivity index (χ4n) is 0.978. The molecule has 2 aromatic heterocycles. The normalized spacial score (nSPS) is 10.4. The second-order valence-corrected chi connectivity index (χ2v) is 3.93. The Balaban J connectivity index is 2.38. The molecule has 2 aromatic rings. The molecule has 0 N–H and O–H groups in total. The molecule has 5 heteroatoms. The summed E-state index contributed by atoms with van der Waals surface area (Å²) in [5.41, 5.74) is 0.456. The molecule has 0 bridgehead atoms. The van der Waals surface area contributed by atoms with E-state index >= 15 is 0 Å². The van der Waals surface area contributed by atoms with Gasteiger partial charge in [0.2, 0.25) is 0 Å². The van der Waals surface area contributed by atoms with Crippen LogP contribution in [0.3, 0.4) is 0 Å². The van der Waals surface area contributed by atoms with Crippen molar-refractivity contribution in [1.82, 2.24) is 4.98 Å². The van der Waals surface area contributed by atoms with Crippen LogP contribution in [0.4, 0.5) is 0 Å². The molecule has 0 saturated carbocycles. The van der Waals surface area contributed by atoms with Crippen LogP contribution in [0.5, 0.6) is 0 Å². The van der Waals surface area contributed by atoms with E-state index in [1.807, 2.05) is 0 Å². The van der Waals surface area contributed by atoms with Gasteiger partial charge in [0.25, 0.3) is 0 Å². The number of carbonyl (C=O) groups is 1. The second kappa shape index (κ2) is 3.55. The molecule has 0 unspecified atom stereocenters. The highest BCUT2D eigenvalue weighted by Crippen LogP contribution is 2.27. The molecule has 72 valence electrons. The summed E-state index contributed by atoms with van der Waals surface area (Å²) in [4.78, 5) is 15.1. The van der Waals surface area contributed by atoms with Crippen molar-refractivity contribution in [2.45, 2.75) is 6.92 Å². The third kappa shape index (κ3) is 1.71. The molecular weight excluding hydrogens is 222 g/mol. The maximum Gasteiger partial charge on any atom is 0.194 e. The number of carbonyl (C=O) groups excluding carboxylic acids is 1. The van der Waals surface area contributed by atoms with Crippen LogP contribution in [-0.2, 0) is 0 Å². The summed E-state index contributed by atoms with van der Waals surface area (Å²) in [6, 6.07) is 3.37. The summed E-state index contributed by atoms with van der Waals surface area (Å²) in [5, 5.41) is 2.69. The molecule has 0 spiro atoms. The lowest BCUT2D eigenvalue weighted by Crippen LogP contribution is -1.90. The first kappa shape index (κ1) is 9.43. The summed E-state index contributed by atoms with van der Waals surface area (Å²) in [5.74, 6) is 0.539. The van der Waals surface area contributed by atoms with Gasteiger partial charge in [-0.1, -0.05) is 0 Å². The number of hydrogen-bond acceptors (Lipinski definition) is 4. The Bertz CT molecular complexity index is 475. The van der Waals surface area contributed by atoms with Gasteiger partial charge in [0, 0.05) is 12.3 Å². The van der Waals surface area contributed by atoms with E-state index < -0.39 is 0 Å². The summed E-state index contributed by atoms with van der Waals surface area (Å²) in [6.07, 6.45) is 0. The molecule has 2 rings (SSSR count). The molecule has 0 fully saturated rings. The van der Waals surface area contributed by atoms with Gasteiger partial charge in [-0.05, 0) is 23.7 Å². The maximum absolute atomic E-state index is 11.0. The highest BCUT2D eigenvalue weighted by Gasteiger charge is 2.10. The third-order valence-electron chi connectivity index (χ3n) is 1.65. The number of thiazole rings is 1. The van der Waals surface area contributed by atoms with E-state index in [0.717, 1.165) is 0 Å². The van der Waals surface area contributed by atoms with Crippen molar-refractivity contribution in [2.24, 2.45) is 0 Å². The third-order valence-corrected chi connectivity index (χ3v) is 2.71. The van der Waals surface area contributed by atoms with Gasteiger partial charge < -0.3 is 4.42 Å². The van der Waals surface area contributed by atoms with Crippen LogP contribution in [0.25, 0.3) is 10.8 Å². The van der Waals surface area contributed by atoms with Crippen molar-refractivity contribution < 1.29 is 9.21 Å². The molecule has 0 atom stereocenters. The molecule has 3 nitrogen and oxygen atoms in total. The van der Waals surface area contributed by atoms with Crippen LogP contribution in [0, 0.1) is 0 Å². The molecule has 2 heterocycles. The van der Waals surface area contributed by atoms with E-state index in [4.69, 9.17) is 16.0 Å². The highest BCUT2D eigenvalue weighted by atomic mass is 35.5. The zero-order chi connectivity index (χ0) is 10.1. The zero-order valence-electron chi connectivity index (χ0n) is 7.28. The van der Waals surface area contributed by atoms with E-state index in [0.29, 0.717) is 21.7 Å². The van der Waals surface area contributed by atoms with Crippen LogP contribution in [-0.4, -0.2) is 10.8 Å². The Morgan fingerprint density at radius 1 is 1.57 bits per heavy atom. The number of rotatable bonds is 2. The topological polar surface area (TPSA) is 43.1 Å². The summed E-state index contributed by atoms with van der Waals surface area (Å²) in [6.45, 7) is 1.48. The Kier molecular flexibility index (Phi) is 2.39. The minimum atomic E-state index is -0.0508. The van der Waals surface area contributed by atoms with Crippen molar-refractivity contribution >= 4 is 28.7 Å². The first-order valence-corrected chi connectivity index (χ1v) is 5.15. The van der Waals surface area contributed by atoms with Gasteiger partial charge >= 0.3 is 0 Å². The quantitative estimate of drug-likeness (QED) is 0.740. The average molecular weight is 228 g/mol. The van der Waals surface area contributed by atoms with Crippen LogP contribution >= 0.6 is 22.9 Å². The highest BCUT2D eigenvalue weighted by molar-refractivity contribution is 7.13. The van der Waals surface area contributed by atoms with Crippen LogP contribution < -0.4 is 0 Å². The molecule has 0 aliphatic rings. The number of halogens is 1. The first-order valence-electron chi connectivity index (χ1n) is 3.89. The minimum absolute atomic E-state index is 0.0508. The predicted octanol–water partition coefficient (Wildman–Crippen LogP) is 3.26. The summed E-state index contributed by atoms with van der Waals surface area (Å²) >= 11 is 6.98. The molecule has 0 aromatic carbocycles. The number of aromatic nitrogens is 1. The summed E-state index contributed by atoms with van der Waals surface area (Å²) in [7, 11) is 0. The van der Waals surface area contributed by atoms with Crippen LogP contribution in [0.15, 0.2) is 21.9 Å². The first-order chi connectivity index (χ1) is 6.66. The molecule has 0 aliphatic heterocycles. The Morgan fingerprint density at radius 2 is 2.36 bits per heavy atom. The maximum atomic E-state index is 11.0. The van der Waals surface area contributed by atoms with E-state index in [-0.39, 0.29) is 5.78 Å². The number of nitrogens with zero attached hydrogens (tertiary/aromatic N) is 1. The molecule has 0 aliphatic carbocycles. The van der Waals surface area contributed by atoms with Gasteiger partial charge in [-0.25, -0.2) is 4.98 Å². The largest absolute Gasteiger partial charge is 0.442 e. The van der Waals surface area contributed by atoms with E-state index in [9.17, 15) is 4.79 Å². The lowest BCUT2D eigenvalue weighted by molar-refractivity contribution is 0.101. The molecular formula is C9H6ClNO2S. The van der Waals surface area contributed by atoms with Crippen LogP contribution in [0.1, 0.15) is 17.4 Å². The molecule has 0 radical (unpaired) electrons. The Hall–Kier alpha value is -1.13. The van der Waals surface area contributed by atoms with Gasteiger partial charge in [0.15, 0.2) is 21.8 Å².